The van der Waals surface area contributed by atoms with Crippen molar-refractivity contribution in [2.24, 2.45) is 13.0 Å². The average molecular weight is 349 g/mol. The molecule has 2 N–H and O–H groups in total. The maximum absolute atomic E-state index is 12.4. The fourth-order valence-corrected chi connectivity index (χ4v) is 3.15. The van der Waals surface area contributed by atoms with Crippen molar-refractivity contribution in [3.8, 4) is 5.75 Å². The van der Waals surface area contributed by atoms with Crippen molar-refractivity contribution in [1.82, 2.24) is 20.4 Å². The Labute approximate surface area is 146 Å². The van der Waals surface area contributed by atoms with Crippen LogP contribution in [0.3, 0.4) is 0 Å². The molecule has 2 atom stereocenters. The van der Waals surface area contributed by atoms with Crippen molar-refractivity contribution >= 4 is 17.5 Å². The third-order valence-corrected chi connectivity index (χ3v) is 4.41. The standard InChI is InChI=1S/C17H21ClN4O2/c1-22-11-12(8-21-22)15-9-19-10-16(15)17(23)20-5-6-24-14-4-2-3-13(18)7-14/h2-4,7-8,11,15-16,19H,5-6,9-10H2,1H3,(H,20,23)/t15-,16+/m1/s1. The number of aromatic nitrogens is 2. The first-order valence-corrected chi connectivity index (χ1v) is 8.36. The van der Waals surface area contributed by atoms with Gasteiger partial charge in [0.05, 0.1) is 18.7 Å². The summed E-state index contributed by atoms with van der Waals surface area (Å²) in [5.74, 6) is 0.823. The number of carbonyl (C=O) groups is 1. The number of nitrogens with one attached hydrogen (secondary N) is 2. The molecule has 1 amide bonds. The highest BCUT2D eigenvalue weighted by Crippen LogP contribution is 2.27. The summed E-state index contributed by atoms with van der Waals surface area (Å²) in [7, 11) is 1.88. The summed E-state index contributed by atoms with van der Waals surface area (Å²) in [5, 5.41) is 11.1. The molecule has 7 heteroatoms. The lowest BCUT2D eigenvalue weighted by molar-refractivity contribution is -0.124. The van der Waals surface area contributed by atoms with Gasteiger partial charge in [-0.3, -0.25) is 9.48 Å². The first-order valence-electron chi connectivity index (χ1n) is 7.99. The molecular formula is C17H21ClN4O2. The van der Waals surface area contributed by atoms with Crippen LogP contribution in [0.1, 0.15) is 11.5 Å². The minimum absolute atomic E-state index is 0.0450. The minimum atomic E-state index is -0.0830. The molecule has 0 spiro atoms. The number of halogens is 1. The first-order chi connectivity index (χ1) is 11.6. The van der Waals surface area contributed by atoms with Crippen molar-refractivity contribution < 1.29 is 9.53 Å². The Morgan fingerprint density at radius 1 is 1.50 bits per heavy atom. The molecule has 1 aliphatic rings. The summed E-state index contributed by atoms with van der Waals surface area (Å²) in [5.41, 5.74) is 1.10. The van der Waals surface area contributed by atoms with Gasteiger partial charge in [-0.25, -0.2) is 0 Å². The van der Waals surface area contributed by atoms with Gasteiger partial charge in [0.1, 0.15) is 12.4 Å². The summed E-state index contributed by atoms with van der Waals surface area (Å²) in [6, 6.07) is 7.22. The average Bonchev–Trinajstić information content (AvgIpc) is 3.20. The van der Waals surface area contributed by atoms with E-state index >= 15 is 0 Å². The number of aryl methyl sites for hydroxylation is 1. The van der Waals surface area contributed by atoms with Crippen LogP contribution in [-0.4, -0.2) is 41.9 Å². The topological polar surface area (TPSA) is 68.2 Å². The monoisotopic (exact) mass is 348 g/mol. The van der Waals surface area contributed by atoms with Gasteiger partial charge in [0.25, 0.3) is 0 Å². The predicted octanol–water partition coefficient (Wildman–Crippen LogP) is 1.57. The van der Waals surface area contributed by atoms with Crippen LogP contribution in [-0.2, 0) is 11.8 Å². The molecule has 0 radical (unpaired) electrons. The van der Waals surface area contributed by atoms with Gasteiger partial charge in [-0.15, -0.1) is 0 Å². The second-order valence-corrected chi connectivity index (χ2v) is 6.35. The summed E-state index contributed by atoms with van der Waals surface area (Å²) in [6.45, 7) is 2.34. The van der Waals surface area contributed by atoms with E-state index in [2.05, 4.69) is 15.7 Å². The van der Waals surface area contributed by atoms with Crippen LogP contribution in [0.15, 0.2) is 36.7 Å². The number of hydrogen-bond acceptors (Lipinski definition) is 4. The molecule has 2 heterocycles. The molecule has 6 nitrogen and oxygen atoms in total. The molecule has 1 fully saturated rings. The van der Waals surface area contributed by atoms with E-state index in [1.54, 1.807) is 16.8 Å². The summed E-state index contributed by atoms with van der Waals surface area (Å²) in [6.07, 6.45) is 3.81. The second kappa shape index (κ2) is 7.68. The number of nitrogens with zero attached hydrogens (tertiary/aromatic N) is 2. The van der Waals surface area contributed by atoms with Crippen LogP contribution < -0.4 is 15.4 Å². The first kappa shape index (κ1) is 16.8. The second-order valence-electron chi connectivity index (χ2n) is 5.92. The Hall–Kier alpha value is -2.05. The van der Waals surface area contributed by atoms with Gasteiger partial charge >= 0.3 is 0 Å². The zero-order chi connectivity index (χ0) is 16.9. The van der Waals surface area contributed by atoms with Crippen molar-refractivity contribution in [2.45, 2.75) is 5.92 Å². The molecule has 3 rings (SSSR count). The smallest absolute Gasteiger partial charge is 0.225 e. The van der Waals surface area contributed by atoms with E-state index in [4.69, 9.17) is 16.3 Å². The molecule has 1 aromatic heterocycles. The molecule has 1 saturated heterocycles. The lowest BCUT2D eigenvalue weighted by Crippen LogP contribution is -2.36. The quantitative estimate of drug-likeness (QED) is 0.778. The molecular weight excluding hydrogens is 328 g/mol. The molecule has 0 unspecified atom stereocenters. The number of ether oxygens (including phenoxy) is 1. The molecule has 24 heavy (non-hydrogen) atoms. The zero-order valence-electron chi connectivity index (χ0n) is 13.5. The molecule has 0 saturated carbocycles. The number of carbonyl (C=O) groups excluding carboxylic acids is 1. The third-order valence-electron chi connectivity index (χ3n) is 4.17. The Morgan fingerprint density at radius 2 is 2.38 bits per heavy atom. The Morgan fingerprint density at radius 3 is 3.12 bits per heavy atom. The lowest BCUT2D eigenvalue weighted by atomic mass is 9.90. The maximum Gasteiger partial charge on any atom is 0.225 e. The van der Waals surface area contributed by atoms with Gasteiger partial charge in [-0.05, 0) is 23.8 Å². The lowest BCUT2D eigenvalue weighted by Gasteiger charge is -2.17. The number of amides is 1. The van der Waals surface area contributed by atoms with Gasteiger partial charge < -0.3 is 15.4 Å². The van der Waals surface area contributed by atoms with Crippen LogP contribution in [0.5, 0.6) is 5.75 Å². The number of rotatable bonds is 6. The van der Waals surface area contributed by atoms with Gasteiger partial charge in [-0.1, -0.05) is 17.7 Å². The Bertz CT molecular complexity index is 703. The van der Waals surface area contributed by atoms with E-state index in [0.717, 1.165) is 12.1 Å². The van der Waals surface area contributed by atoms with E-state index < -0.39 is 0 Å². The number of hydrogen-bond donors (Lipinski definition) is 2. The van der Waals surface area contributed by atoms with Crippen LogP contribution in [0.25, 0.3) is 0 Å². The molecule has 0 aliphatic carbocycles. The van der Waals surface area contributed by atoms with Crippen LogP contribution in [0, 0.1) is 5.92 Å². The van der Waals surface area contributed by atoms with Crippen molar-refractivity contribution in [3.63, 3.8) is 0 Å². The molecule has 128 valence electrons. The van der Waals surface area contributed by atoms with Gasteiger partial charge in [0.2, 0.25) is 5.91 Å². The third kappa shape index (κ3) is 4.07. The van der Waals surface area contributed by atoms with Gasteiger partial charge in [-0.2, -0.15) is 5.10 Å². The Balaban J connectivity index is 1.47. The summed E-state index contributed by atoms with van der Waals surface area (Å²) >= 11 is 5.91. The highest BCUT2D eigenvalue weighted by atomic mass is 35.5. The predicted molar refractivity (Wildman–Crippen MR) is 92.3 cm³/mol. The summed E-state index contributed by atoms with van der Waals surface area (Å²) in [4.78, 5) is 12.4. The number of benzene rings is 1. The highest BCUT2D eigenvalue weighted by molar-refractivity contribution is 6.30. The molecule has 0 bridgehead atoms. The molecule has 2 aromatic rings. The fourth-order valence-electron chi connectivity index (χ4n) is 2.97. The van der Waals surface area contributed by atoms with Crippen molar-refractivity contribution in [2.75, 3.05) is 26.2 Å². The van der Waals surface area contributed by atoms with Crippen molar-refractivity contribution in [3.05, 3.63) is 47.2 Å². The van der Waals surface area contributed by atoms with Gasteiger partial charge in [0, 0.05) is 37.3 Å². The maximum atomic E-state index is 12.4. The SMILES string of the molecule is Cn1cc([C@H]2CNC[C@@H]2C(=O)NCCOc2cccc(Cl)c2)cn1. The van der Waals surface area contributed by atoms with Gasteiger partial charge in [0.15, 0.2) is 0 Å². The van der Waals surface area contributed by atoms with Crippen LogP contribution >= 0.6 is 11.6 Å². The van der Waals surface area contributed by atoms with Crippen LogP contribution in [0.4, 0.5) is 0 Å². The molecule has 1 aromatic carbocycles. The largest absolute Gasteiger partial charge is 0.492 e. The fraction of sp³-hybridized carbons (Fsp3) is 0.412. The van der Waals surface area contributed by atoms with E-state index in [9.17, 15) is 4.79 Å². The normalized spacial score (nSPS) is 20.1. The van der Waals surface area contributed by atoms with E-state index in [0.29, 0.717) is 30.5 Å². The van der Waals surface area contributed by atoms with Crippen LogP contribution in [0.2, 0.25) is 5.02 Å². The van der Waals surface area contributed by atoms with Crippen molar-refractivity contribution in [1.29, 1.82) is 0 Å². The Kier molecular flexibility index (Phi) is 5.37. The zero-order valence-corrected chi connectivity index (χ0v) is 14.3. The van der Waals surface area contributed by atoms with E-state index in [1.165, 1.54) is 0 Å². The van der Waals surface area contributed by atoms with E-state index in [-0.39, 0.29) is 17.7 Å². The summed E-state index contributed by atoms with van der Waals surface area (Å²) < 4.78 is 7.35. The minimum Gasteiger partial charge on any atom is -0.492 e. The highest BCUT2D eigenvalue weighted by Gasteiger charge is 2.34. The van der Waals surface area contributed by atoms with E-state index in [1.807, 2.05) is 31.6 Å². The molecule has 1 aliphatic heterocycles.